The second kappa shape index (κ2) is 10.2. The van der Waals surface area contributed by atoms with E-state index in [-0.39, 0.29) is 23.5 Å². The minimum atomic E-state index is -2.99. The molecule has 1 aliphatic rings. The zero-order valence-electron chi connectivity index (χ0n) is 17.2. The molecule has 0 radical (unpaired) electrons. The quantitative estimate of drug-likeness (QED) is 0.688. The van der Waals surface area contributed by atoms with E-state index in [9.17, 15) is 13.6 Å². The number of likely N-dealkylation sites (tertiary alicyclic amines) is 1. The Balaban J connectivity index is 1.66. The van der Waals surface area contributed by atoms with Crippen LogP contribution in [0.2, 0.25) is 0 Å². The maximum absolute atomic E-state index is 12.9. The lowest BCUT2D eigenvalue weighted by molar-refractivity contribution is -0.0494. The van der Waals surface area contributed by atoms with Gasteiger partial charge in [-0.15, -0.1) is 0 Å². The van der Waals surface area contributed by atoms with Gasteiger partial charge in [-0.2, -0.15) is 8.78 Å². The number of halogens is 2. The maximum atomic E-state index is 12.9. The predicted octanol–water partition coefficient (Wildman–Crippen LogP) is 4.42. The minimum Gasteiger partial charge on any atom is -0.497 e. The highest BCUT2D eigenvalue weighted by molar-refractivity contribution is 5.91. The number of nitrogens with zero attached hydrogens (tertiary/aromatic N) is 2. The van der Waals surface area contributed by atoms with Crippen molar-refractivity contribution in [1.29, 1.82) is 0 Å². The first-order chi connectivity index (χ1) is 14.5. The fourth-order valence-corrected chi connectivity index (χ4v) is 3.74. The number of nitrogens with one attached hydrogen (secondary N) is 1. The monoisotopic (exact) mass is 419 g/mol. The lowest BCUT2D eigenvalue weighted by atomic mass is 10.2. The van der Waals surface area contributed by atoms with Crippen molar-refractivity contribution in [3.05, 3.63) is 54.1 Å². The molecule has 2 aromatic rings. The number of rotatable bonds is 8. The van der Waals surface area contributed by atoms with Gasteiger partial charge in [0.25, 0.3) is 0 Å². The molecule has 1 saturated heterocycles. The van der Waals surface area contributed by atoms with Gasteiger partial charge in [-0.3, -0.25) is 4.90 Å². The summed E-state index contributed by atoms with van der Waals surface area (Å²) in [6.07, 6.45) is 0.854. The van der Waals surface area contributed by atoms with Crippen molar-refractivity contribution >= 4 is 11.7 Å². The second-order valence-electron chi connectivity index (χ2n) is 7.12. The van der Waals surface area contributed by atoms with Gasteiger partial charge < -0.3 is 19.7 Å². The Kier molecular flexibility index (Phi) is 7.46. The van der Waals surface area contributed by atoms with E-state index < -0.39 is 6.61 Å². The number of carbonyl (C=O) groups excluding carboxylic acids is 1. The van der Waals surface area contributed by atoms with E-state index in [0.29, 0.717) is 12.3 Å². The smallest absolute Gasteiger partial charge is 0.387 e. The van der Waals surface area contributed by atoms with Crippen molar-refractivity contribution < 1.29 is 23.0 Å². The Hall–Kier alpha value is -2.87. The summed E-state index contributed by atoms with van der Waals surface area (Å²) in [5.41, 5.74) is 1.38. The van der Waals surface area contributed by atoms with Gasteiger partial charge in [0.1, 0.15) is 11.5 Å². The fourth-order valence-electron chi connectivity index (χ4n) is 3.74. The molecule has 162 valence electrons. The van der Waals surface area contributed by atoms with Crippen LogP contribution in [-0.2, 0) is 6.54 Å². The molecule has 1 N–H and O–H groups in total. The summed E-state index contributed by atoms with van der Waals surface area (Å²) in [4.78, 5) is 17.0. The minimum absolute atomic E-state index is 0.0452. The molecule has 0 saturated carbocycles. The number of urea groups is 1. The van der Waals surface area contributed by atoms with Crippen molar-refractivity contribution in [2.75, 3.05) is 32.1 Å². The Morgan fingerprint density at radius 1 is 1.27 bits per heavy atom. The number of benzene rings is 2. The molecule has 0 bridgehead atoms. The van der Waals surface area contributed by atoms with Crippen molar-refractivity contribution in [3.63, 3.8) is 0 Å². The average Bonchev–Trinajstić information content (AvgIpc) is 3.18. The number of alkyl halides is 2. The average molecular weight is 419 g/mol. The van der Waals surface area contributed by atoms with Gasteiger partial charge in [0.15, 0.2) is 0 Å². The number of methoxy groups -OCH3 is 1. The standard InChI is InChI=1S/C22H27F2N3O3/c1-3-27(17-11-12-26(15-17)14-16-7-5-4-6-8-16)22(28)25-19-13-18(29-2)9-10-20(19)30-21(23)24/h4-10,13,17,21H,3,11-12,14-15H2,1-2H3,(H,25,28). The van der Waals surface area contributed by atoms with Gasteiger partial charge in [-0.05, 0) is 31.0 Å². The summed E-state index contributed by atoms with van der Waals surface area (Å²) in [5, 5.41) is 2.71. The van der Waals surface area contributed by atoms with Crippen LogP contribution >= 0.6 is 0 Å². The van der Waals surface area contributed by atoms with Gasteiger partial charge in [0.05, 0.1) is 12.8 Å². The van der Waals surface area contributed by atoms with Crippen molar-refractivity contribution in [2.24, 2.45) is 0 Å². The largest absolute Gasteiger partial charge is 0.497 e. The van der Waals surface area contributed by atoms with Crippen molar-refractivity contribution in [2.45, 2.75) is 32.5 Å². The SMILES string of the molecule is CCN(C(=O)Nc1cc(OC)ccc1OC(F)F)C1CCN(Cc2ccccc2)C1. The Morgan fingerprint density at radius 3 is 2.70 bits per heavy atom. The van der Waals surface area contributed by atoms with Crippen LogP contribution in [0, 0.1) is 0 Å². The number of hydrogen-bond donors (Lipinski definition) is 1. The molecule has 1 heterocycles. The molecule has 2 aromatic carbocycles. The molecule has 2 amide bonds. The van der Waals surface area contributed by atoms with E-state index in [2.05, 4.69) is 27.1 Å². The first kappa shape index (κ1) is 21.8. The van der Waals surface area contributed by atoms with Crippen LogP contribution in [0.1, 0.15) is 18.9 Å². The number of hydrogen-bond acceptors (Lipinski definition) is 4. The summed E-state index contributed by atoms with van der Waals surface area (Å²) in [7, 11) is 1.47. The van der Waals surface area contributed by atoms with E-state index in [0.717, 1.165) is 26.1 Å². The van der Waals surface area contributed by atoms with Crippen LogP contribution < -0.4 is 14.8 Å². The van der Waals surface area contributed by atoms with Crippen molar-refractivity contribution in [3.8, 4) is 11.5 Å². The zero-order chi connectivity index (χ0) is 21.5. The van der Waals surface area contributed by atoms with Gasteiger partial charge >= 0.3 is 12.6 Å². The van der Waals surface area contributed by atoms with Crippen LogP contribution in [0.5, 0.6) is 11.5 Å². The van der Waals surface area contributed by atoms with E-state index in [4.69, 9.17) is 4.74 Å². The van der Waals surface area contributed by atoms with E-state index in [1.165, 1.54) is 30.9 Å². The second-order valence-corrected chi connectivity index (χ2v) is 7.12. The highest BCUT2D eigenvalue weighted by atomic mass is 19.3. The fraction of sp³-hybridized carbons (Fsp3) is 0.409. The molecule has 3 rings (SSSR count). The summed E-state index contributed by atoms with van der Waals surface area (Å²) >= 11 is 0. The van der Waals surface area contributed by atoms with Crippen LogP contribution in [0.25, 0.3) is 0 Å². The highest BCUT2D eigenvalue weighted by Crippen LogP contribution is 2.31. The van der Waals surface area contributed by atoms with E-state index in [1.54, 1.807) is 4.90 Å². The van der Waals surface area contributed by atoms with Crippen LogP contribution in [0.4, 0.5) is 19.3 Å². The third-order valence-corrected chi connectivity index (χ3v) is 5.18. The Morgan fingerprint density at radius 2 is 2.03 bits per heavy atom. The number of anilines is 1. The van der Waals surface area contributed by atoms with Gasteiger partial charge in [0.2, 0.25) is 0 Å². The Labute approximate surface area is 175 Å². The lowest BCUT2D eigenvalue weighted by Crippen LogP contribution is -2.44. The van der Waals surface area contributed by atoms with Gasteiger partial charge in [-0.1, -0.05) is 30.3 Å². The molecule has 0 aliphatic carbocycles. The summed E-state index contributed by atoms with van der Waals surface area (Å²) in [6.45, 7) is 1.90. The lowest BCUT2D eigenvalue weighted by Gasteiger charge is -2.28. The molecule has 1 aliphatic heterocycles. The summed E-state index contributed by atoms with van der Waals surface area (Å²) in [5.74, 6) is 0.331. The van der Waals surface area contributed by atoms with Crippen LogP contribution in [0.15, 0.2) is 48.5 Å². The number of amides is 2. The first-order valence-corrected chi connectivity index (χ1v) is 9.97. The maximum Gasteiger partial charge on any atom is 0.387 e. The molecule has 0 spiro atoms. The molecule has 6 nitrogen and oxygen atoms in total. The molecule has 30 heavy (non-hydrogen) atoms. The molecule has 0 aromatic heterocycles. The topological polar surface area (TPSA) is 54.0 Å². The summed E-state index contributed by atoms with van der Waals surface area (Å²) in [6, 6.07) is 14.2. The van der Waals surface area contributed by atoms with Crippen LogP contribution in [-0.4, -0.2) is 55.2 Å². The third kappa shape index (κ3) is 5.60. The molecule has 1 unspecified atom stereocenters. The van der Waals surface area contributed by atoms with E-state index >= 15 is 0 Å². The number of carbonyl (C=O) groups is 1. The highest BCUT2D eigenvalue weighted by Gasteiger charge is 2.30. The third-order valence-electron chi connectivity index (χ3n) is 5.18. The van der Waals surface area contributed by atoms with E-state index in [1.807, 2.05) is 25.1 Å². The van der Waals surface area contributed by atoms with Crippen LogP contribution in [0.3, 0.4) is 0 Å². The Bertz CT molecular complexity index is 836. The molecule has 1 atom stereocenters. The zero-order valence-corrected chi connectivity index (χ0v) is 17.2. The molecular formula is C22H27F2N3O3. The number of ether oxygens (including phenoxy) is 2. The normalized spacial score (nSPS) is 16.5. The number of likely N-dealkylation sites (N-methyl/N-ethyl adjacent to an activating group) is 1. The molecular weight excluding hydrogens is 392 g/mol. The van der Waals surface area contributed by atoms with Gasteiger partial charge in [0, 0.05) is 38.3 Å². The molecule has 1 fully saturated rings. The summed E-state index contributed by atoms with van der Waals surface area (Å²) < 4.78 is 35.1. The first-order valence-electron chi connectivity index (χ1n) is 9.97. The molecule has 8 heteroatoms. The predicted molar refractivity (Wildman–Crippen MR) is 111 cm³/mol. The van der Waals surface area contributed by atoms with Crippen molar-refractivity contribution in [1.82, 2.24) is 9.80 Å². The van der Waals surface area contributed by atoms with Gasteiger partial charge in [-0.25, -0.2) is 4.79 Å².